The highest BCUT2D eigenvalue weighted by Gasteiger charge is 2.20. The van der Waals surface area contributed by atoms with Gasteiger partial charge in [0.1, 0.15) is 5.75 Å². The summed E-state index contributed by atoms with van der Waals surface area (Å²) in [6.07, 6.45) is 0.0841. The van der Waals surface area contributed by atoms with E-state index in [0.717, 1.165) is 16.9 Å². The van der Waals surface area contributed by atoms with E-state index < -0.39 is 18.6 Å². The van der Waals surface area contributed by atoms with E-state index in [1.54, 1.807) is 0 Å². The Balaban J connectivity index is 2.41. The second-order valence-corrected chi connectivity index (χ2v) is 4.69. The summed E-state index contributed by atoms with van der Waals surface area (Å²) in [6, 6.07) is 4.74. The average Bonchev–Trinajstić information content (AvgIpc) is 2.46. The van der Waals surface area contributed by atoms with Gasteiger partial charge in [-0.3, -0.25) is 4.79 Å². The Kier molecular flexibility index (Phi) is 6.68. The molecule has 6 nitrogen and oxygen atoms in total. The Morgan fingerprint density at radius 3 is 2.62 bits per heavy atom. The van der Waals surface area contributed by atoms with Crippen molar-refractivity contribution in [3.8, 4) is 5.75 Å². The molecule has 1 unspecified atom stereocenters. The highest BCUT2D eigenvalue weighted by atomic mass is 16.5. The van der Waals surface area contributed by atoms with Crippen molar-refractivity contribution in [2.45, 2.75) is 26.3 Å². The standard InChI is InChI=1S/C15H21NO5/c1-10-4-5-13(11(2)8-10)21-7-6-14(18)16-12(9-17)15(19)20-3/h4-5,8,12,17H,6-7,9H2,1-3H3,(H,16,18). The lowest BCUT2D eigenvalue weighted by molar-refractivity contribution is -0.146. The molecule has 1 aromatic rings. The van der Waals surface area contributed by atoms with Crippen LogP contribution in [0.15, 0.2) is 18.2 Å². The fourth-order valence-corrected chi connectivity index (χ4v) is 1.80. The molecule has 0 radical (unpaired) electrons. The maximum absolute atomic E-state index is 11.7. The molecule has 0 aliphatic heterocycles. The van der Waals surface area contributed by atoms with Gasteiger partial charge in [0.05, 0.1) is 26.7 Å². The Morgan fingerprint density at radius 1 is 1.33 bits per heavy atom. The number of benzene rings is 1. The molecule has 0 aromatic heterocycles. The van der Waals surface area contributed by atoms with Crippen LogP contribution in [0, 0.1) is 13.8 Å². The van der Waals surface area contributed by atoms with E-state index in [2.05, 4.69) is 10.1 Å². The molecule has 2 N–H and O–H groups in total. The van der Waals surface area contributed by atoms with Crippen LogP contribution in [0.1, 0.15) is 17.5 Å². The number of aryl methyl sites for hydroxylation is 2. The molecule has 1 atom stereocenters. The molecular formula is C15H21NO5. The fraction of sp³-hybridized carbons (Fsp3) is 0.467. The minimum absolute atomic E-state index is 0.0841. The largest absolute Gasteiger partial charge is 0.493 e. The lowest BCUT2D eigenvalue weighted by Crippen LogP contribution is -2.44. The summed E-state index contributed by atoms with van der Waals surface area (Å²) in [4.78, 5) is 22.9. The molecular weight excluding hydrogens is 274 g/mol. The number of carbonyl (C=O) groups excluding carboxylic acids is 2. The maximum atomic E-state index is 11.7. The molecule has 116 valence electrons. The molecule has 0 aliphatic rings. The number of hydrogen-bond acceptors (Lipinski definition) is 5. The third kappa shape index (κ3) is 5.43. The minimum atomic E-state index is -1.04. The highest BCUT2D eigenvalue weighted by molar-refractivity contribution is 5.84. The van der Waals surface area contributed by atoms with Crippen molar-refractivity contribution in [1.82, 2.24) is 5.32 Å². The van der Waals surface area contributed by atoms with Crippen LogP contribution in [0.3, 0.4) is 0 Å². The summed E-state index contributed by atoms with van der Waals surface area (Å²) >= 11 is 0. The molecule has 21 heavy (non-hydrogen) atoms. The number of ether oxygens (including phenoxy) is 2. The van der Waals surface area contributed by atoms with Gasteiger partial charge in [0.2, 0.25) is 5.91 Å². The number of hydrogen-bond donors (Lipinski definition) is 2. The molecule has 1 rings (SSSR count). The van der Waals surface area contributed by atoms with Gasteiger partial charge < -0.3 is 19.9 Å². The molecule has 6 heteroatoms. The van der Waals surface area contributed by atoms with Gasteiger partial charge in [0.25, 0.3) is 0 Å². The normalized spacial score (nSPS) is 11.6. The van der Waals surface area contributed by atoms with E-state index >= 15 is 0 Å². The van der Waals surface area contributed by atoms with Gasteiger partial charge in [-0.25, -0.2) is 4.79 Å². The van der Waals surface area contributed by atoms with Gasteiger partial charge in [-0.2, -0.15) is 0 Å². The first kappa shape index (κ1) is 17.0. The highest BCUT2D eigenvalue weighted by Crippen LogP contribution is 2.18. The summed E-state index contributed by atoms with van der Waals surface area (Å²) in [5, 5.41) is 11.4. The third-order valence-corrected chi connectivity index (χ3v) is 2.92. The third-order valence-electron chi connectivity index (χ3n) is 2.92. The zero-order valence-corrected chi connectivity index (χ0v) is 12.5. The second-order valence-electron chi connectivity index (χ2n) is 4.69. The summed E-state index contributed by atoms with van der Waals surface area (Å²) in [6.45, 7) is 3.61. The van der Waals surface area contributed by atoms with Gasteiger partial charge >= 0.3 is 5.97 Å². The number of esters is 1. The summed E-state index contributed by atoms with van der Waals surface area (Å²) in [7, 11) is 1.19. The number of amides is 1. The minimum Gasteiger partial charge on any atom is -0.493 e. The SMILES string of the molecule is COC(=O)C(CO)NC(=O)CCOc1ccc(C)cc1C. The number of aliphatic hydroxyl groups is 1. The van der Waals surface area contributed by atoms with Crippen LogP contribution in [0.2, 0.25) is 0 Å². The van der Waals surface area contributed by atoms with Gasteiger partial charge in [-0.1, -0.05) is 17.7 Å². The maximum Gasteiger partial charge on any atom is 0.330 e. The lowest BCUT2D eigenvalue weighted by Gasteiger charge is -2.14. The molecule has 0 spiro atoms. The number of aliphatic hydroxyl groups excluding tert-OH is 1. The van der Waals surface area contributed by atoms with E-state index in [9.17, 15) is 9.59 Å². The molecule has 0 saturated heterocycles. The van der Waals surface area contributed by atoms with Crippen LogP contribution in [0.4, 0.5) is 0 Å². The van der Waals surface area contributed by atoms with Crippen molar-refractivity contribution in [1.29, 1.82) is 0 Å². The second kappa shape index (κ2) is 8.26. The van der Waals surface area contributed by atoms with Gasteiger partial charge in [0, 0.05) is 0 Å². The first-order valence-corrected chi connectivity index (χ1v) is 6.66. The first-order chi connectivity index (χ1) is 9.97. The van der Waals surface area contributed by atoms with Crippen molar-refractivity contribution in [3.63, 3.8) is 0 Å². The zero-order chi connectivity index (χ0) is 15.8. The van der Waals surface area contributed by atoms with Crippen LogP contribution < -0.4 is 10.1 Å². The monoisotopic (exact) mass is 295 g/mol. The summed E-state index contributed by atoms with van der Waals surface area (Å²) in [5.74, 6) is -0.342. The predicted molar refractivity (Wildman–Crippen MR) is 77.1 cm³/mol. The van der Waals surface area contributed by atoms with Crippen LogP contribution in [0.5, 0.6) is 5.75 Å². The van der Waals surface area contributed by atoms with Crippen molar-refractivity contribution < 1.29 is 24.2 Å². The van der Waals surface area contributed by atoms with E-state index in [-0.39, 0.29) is 18.9 Å². The Hall–Kier alpha value is -2.08. The Morgan fingerprint density at radius 2 is 2.05 bits per heavy atom. The molecule has 0 bridgehead atoms. The number of nitrogens with one attached hydrogen (secondary N) is 1. The van der Waals surface area contributed by atoms with E-state index in [0.29, 0.717) is 0 Å². The number of carbonyl (C=O) groups is 2. The Bertz CT molecular complexity index is 501. The van der Waals surface area contributed by atoms with Crippen LogP contribution in [0.25, 0.3) is 0 Å². The van der Waals surface area contributed by atoms with Crippen LogP contribution >= 0.6 is 0 Å². The van der Waals surface area contributed by atoms with Crippen molar-refractivity contribution in [2.24, 2.45) is 0 Å². The van der Waals surface area contributed by atoms with Crippen molar-refractivity contribution in [2.75, 3.05) is 20.3 Å². The van der Waals surface area contributed by atoms with Gasteiger partial charge in [-0.05, 0) is 25.5 Å². The van der Waals surface area contributed by atoms with E-state index in [4.69, 9.17) is 9.84 Å². The van der Waals surface area contributed by atoms with Gasteiger partial charge in [0.15, 0.2) is 6.04 Å². The predicted octanol–water partition coefficient (Wildman–Crippen LogP) is 0.722. The topological polar surface area (TPSA) is 84.9 Å². The summed E-state index contributed by atoms with van der Waals surface area (Å²) < 4.78 is 9.98. The smallest absolute Gasteiger partial charge is 0.330 e. The number of methoxy groups -OCH3 is 1. The quantitative estimate of drug-likeness (QED) is 0.724. The van der Waals surface area contributed by atoms with Crippen LogP contribution in [-0.2, 0) is 14.3 Å². The molecule has 0 saturated carbocycles. The molecule has 0 fully saturated rings. The molecule has 1 amide bonds. The number of rotatable bonds is 7. The van der Waals surface area contributed by atoms with Crippen molar-refractivity contribution in [3.05, 3.63) is 29.3 Å². The Labute approximate surface area is 124 Å². The molecule has 0 heterocycles. The fourth-order valence-electron chi connectivity index (χ4n) is 1.80. The molecule has 0 aliphatic carbocycles. The first-order valence-electron chi connectivity index (χ1n) is 6.66. The van der Waals surface area contributed by atoms with Gasteiger partial charge in [-0.15, -0.1) is 0 Å². The van der Waals surface area contributed by atoms with E-state index in [1.807, 2.05) is 32.0 Å². The van der Waals surface area contributed by atoms with E-state index in [1.165, 1.54) is 7.11 Å². The van der Waals surface area contributed by atoms with Crippen molar-refractivity contribution >= 4 is 11.9 Å². The molecule has 1 aromatic carbocycles. The lowest BCUT2D eigenvalue weighted by atomic mass is 10.1. The zero-order valence-electron chi connectivity index (χ0n) is 12.5. The summed E-state index contributed by atoms with van der Waals surface area (Å²) in [5.41, 5.74) is 2.14. The van der Waals surface area contributed by atoms with Crippen LogP contribution in [-0.4, -0.2) is 43.3 Å². The average molecular weight is 295 g/mol.